The van der Waals surface area contributed by atoms with Gasteiger partial charge >= 0.3 is 0 Å². The van der Waals surface area contributed by atoms with E-state index in [9.17, 15) is 5.11 Å². The zero-order valence-electron chi connectivity index (χ0n) is 10.7. The fraction of sp³-hybridized carbons (Fsp3) is 0.538. The second-order valence-corrected chi connectivity index (χ2v) is 5.62. The SMILES string of the molecule is CSC(C)CCNCc1cc2c(cc1O)OCO2. The van der Waals surface area contributed by atoms with E-state index in [-0.39, 0.29) is 12.5 Å². The average Bonchev–Trinajstić information content (AvgIpc) is 2.81. The van der Waals surface area contributed by atoms with Crippen LogP contribution in [-0.2, 0) is 6.54 Å². The van der Waals surface area contributed by atoms with Gasteiger partial charge < -0.3 is 19.9 Å². The Hall–Kier alpha value is -1.07. The lowest BCUT2D eigenvalue weighted by atomic mass is 10.1. The molecule has 1 atom stereocenters. The van der Waals surface area contributed by atoms with Gasteiger partial charge in [0.2, 0.25) is 6.79 Å². The Morgan fingerprint density at radius 2 is 2.11 bits per heavy atom. The first-order valence-corrected chi connectivity index (χ1v) is 7.34. The second kappa shape index (κ2) is 6.20. The van der Waals surface area contributed by atoms with Crippen molar-refractivity contribution >= 4 is 11.8 Å². The van der Waals surface area contributed by atoms with Crippen LogP contribution in [0.2, 0.25) is 0 Å². The van der Waals surface area contributed by atoms with Gasteiger partial charge in [0.25, 0.3) is 0 Å². The van der Waals surface area contributed by atoms with E-state index in [0.717, 1.165) is 18.5 Å². The topological polar surface area (TPSA) is 50.7 Å². The molecule has 1 heterocycles. The van der Waals surface area contributed by atoms with Crippen LogP contribution < -0.4 is 14.8 Å². The summed E-state index contributed by atoms with van der Waals surface area (Å²) in [5, 5.41) is 13.8. The highest BCUT2D eigenvalue weighted by molar-refractivity contribution is 7.99. The molecule has 0 radical (unpaired) electrons. The number of hydrogen-bond donors (Lipinski definition) is 2. The molecule has 0 aliphatic carbocycles. The normalized spacial score (nSPS) is 14.8. The minimum Gasteiger partial charge on any atom is -0.507 e. The third kappa shape index (κ3) is 3.23. The van der Waals surface area contributed by atoms with Gasteiger partial charge in [-0.3, -0.25) is 0 Å². The first-order valence-electron chi connectivity index (χ1n) is 6.05. The summed E-state index contributed by atoms with van der Waals surface area (Å²) in [6.07, 6.45) is 3.24. The molecule has 1 aromatic carbocycles. The molecule has 0 aromatic heterocycles. The fourth-order valence-electron chi connectivity index (χ4n) is 1.76. The molecule has 1 aromatic rings. The predicted octanol–water partition coefficient (Wildman–Crippen LogP) is 2.35. The van der Waals surface area contributed by atoms with Gasteiger partial charge in [0, 0.05) is 23.4 Å². The molecule has 1 aliphatic rings. The fourth-order valence-corrected chi connectivity index (χ4v) is 2.11. The van der Waals surface area contributed by atoms with Crippen molar-refractivity contribution < 1.29 is 14.6 Å². The van der Waals surface area contributed by atoms with E-state index in [1.807, 2.05) is 17.8 Å². The Balaban J connectivity index is 1.86. The van der Waals surface area contributed by atoms with Gasteiger partial charge in [0.05, 0.1) is 0 Å². The molecule has 0 amide bonds. The summed E-state index contributed by atoms with van der Waals surface area (Å²) in [5.74, 6) is 1.58. The molecule has 1 aliphatic heterocycles. The number of phenolic OH excluding ortho intramolecular Hbond substituents is 1. The number of aromatic hydroxyl groups is 1. The van der Waals surface area contributed by atoms with Crippen LogP contribution in [0.4, 0.5) is 0 Å². The number of nitrogens with one attached hydrogen (secondary N) is 1. The number of ether oxygens (including phenoxy) is 2. The van der Waals surface area contributed by atoms with Gasteiger partial charge in [0.15, 0.2) is 11.5 Å². The summed E-state index contributed by atoms with van der Waals surface area (Å²) in [6.45, 7) is 4.03. The number of rotatable bonds is 6. The van der Waals surface area contributed by atoms with Crippen molar-refractivity contribution in [3.8, 4) is 17.2 Å². The Bertz CT molecular complexity index is 411. The molecule has 0 spiro atoms. The summed E-state index contributed by atoms with van der Waals surface area (Å²) in [5.41, 5.74) is 0.844. The van der Waals surface area contributed by atoms with Crippen LogP contribution in [-0.4, -0.2) is 29.9 Å². The lowest BCUT2D eigenvalue weighted by Crippen LogP contribution is -2.17. The standard InChI is InChI=1S/C13H19NO3S/c1-9(18-2)3-4-14-7-10-5-12-13(6-11(10)15)17-8-16-12/h5-6,9,14-15H,3-4,7-8H2,1-2H3. The Kier molecular flexibility index (Phi) is 4.60. The highest BCUT2D eigenvalue weighted by atomic mass is 32.2. The Morgan fingerprint density at radius 1 is 1.39 bits per heavy atom. The highest BCUT2D eigenvalue weighted by Gasteiger charge is 2.16. The highest BCUT2D eigenvalue weighted by Crippen LogP contribution is 2.37. The maximum atomic E-state index is 9.85. The summed E-state index contributed by atoms with van der Waals surface area (Å²) in [7, 11) is 0. The molecule has 18 heavy (non-hydrogen) atoms. The van der Waals surface area contributed by atoms with E-state index in [1.165, 1.54) is 0 Å². The van der Waals surface area contributed by atoms with Crippen molar-refractivity contribution in [2.45, 2.75) is 25.1 Å². The van der Waals surface area contributed by atoms with Crippen molar-refractivity contribution in [2.75, 3.05) is 19.6 Å². The summed E-state index contributed by atoms with van der Waals surface area (Å²) >= 11 is 1.86. The van der Waals surface area contributed by atoms with Crippen LogP contribution >= 0.6 is 11.8 Å². The number of fused-ring (bicyclic) bond motifs is 1. The number of thioether (sulfide) groups is 1. The summed E-state index contributed by atoms with van der Waals surface area (Å²) in [4.78, 5) is 0. The second-order valence-electron chi connectivity index (χ2n) is 4.35. The van der Waals surface area contributed by atoms with E-state index < -0.39 is 0 Å². The lowest BCUT2D eigenvalue weighted by Gasteiger charge is -2.10. The van der Waals surface area contributed by atoms with E-state index >= 15 is 0 Å². The molecule has 0 saturated carbocycles. The van der Waals surface area contributed by atoms with E-state index in [4.69, 9.17) is 9.47 Å². The van der Waals surface area contributed by atoms with Crippen LogP contribution in [0.25, 0.3) is 0 Å². The monoisotopic (exact) mass is 269 g/mol. The maximum absolute atomic E-state index is 9.85. The minimum atomic E-state index is 0.233. The van der Waals surface area contributed by atoms with Gasteiger partial charge in [0.1, 0.15) is 5.75 Å². The van der Waals surface area contributed by atoms with Crippen LogP contribution in [0.1, 0.15) is 18.9 Å². The molecule has 5 heteroatoms. The van der Waals surface area contributed by atoms with Crippen LogP contribution in [0, 0.1) is 0 Å². The Labute approximate surface area is 112 Å². The number of phenols is 1. The van der Waals surface area contributed by atoms with Gasteiger partial charge in [-0.05, 0) is 25.3 Å². The van der Waals surface area contributed by atoms with Crippen LogP contribution in [0.15, 0.2) is 12.1 Å². The molecule has 2 N–H and O–H groups in total. The Morgan fingerprint density at radius 3 is 2.83 bits per heavy atom. The minimum absolute atomic E-state index is 0.233. The third-order valence-corrected chi connectivity index (χ3v) is 4.06. The van der Waals surface area contributed by atoms with Crippen LogP contribution in [0.5, 0.6) is 17.2 Å². The molecule has 100 valence electrons. The molecule has 4 nitrogen and oxygen atoms in total. The quantitative estimate of drug-likeness (QED) is 0.776. The largest absolute Gasteiger partial charge is 0.507 e. The summed E-state index contributed by atoms with van der Waals surface area (Å²) in [6, 6.07) is 3.45. The molecule has 1 unspecified atom stereocenters. The van der Waals surface area contributed by atoms with Gasteiger partial charge in [-0.15, -0.1) is 0 Å². The average molecular weight is 269 g/mol. The lowest BCUT2D eigenvalue weighted by molar-refractivity contribution is 0.174. The van der Waals surface area contributed by atoms with Crippen LogP contribution in [0.3, 0.4) is 0 Å². The first-order chi connectivity index (χ1) is 8.70. The number of hydrogen-bond acceptors (Lipinski definition) is 5. The van der Waals surface area contributed by atoms with Gasteiger partial charge in [-0.25, -0.2) is 0 Å². The van der Waals surface area contributed by atoms with E-state index in [0.29, 0.717) is 23.3 Å². The van der Waals surface area contributed by atoms with Crippen molar-refractivity contribution in [1.29, 1.82) is 0 Å². The predicted molar refractivity (Wildman–Crippen MR) is 73.5 cm³/mol. The van der Waals surface area contributed by atoms with E-state index in [2.05, 4.69) is 18.5 Å². The van der Waals surface area contributed by atoms with Crippen molar-refractivity contribution in [3.05, 3.63) is 17.7 Å². The zero-order chi connectivity index (χ0) is 13.0. The summed E-state index contributed by atoms with van der Waals surface area (Å²) < 4.78 is 10.5. The maximum Gasteiger partial charge on any atom is 0.231 e. The molecule has 0 fully saturated rings. The van der Waals surface area contributed by atoms with Gasteiger partial charge in [-0.2, -0.15) is 11.8 Å². The smallest absolute Gasteiger partial charge is 0.231 e. The van der Waals surface area contributed by atoms with Crippen molar-refractivity contribution in [1.82, 2.24) is 5.32 Å². The zero-order valence-corrected chi connectivity index (χ0v) is 11.5. The number of benzene rings is 1. The molecule has 0 bridgehead atoms. The molecule has 2 rings (SSSR count). The molecule has 0 saturated heterocycles. The van der Waals surface area contributed by atoms with Crippen molar-refractivity contribution in [2.24, 2.45) is 0 Å². The van der Waals surface area contributed by atoms with Crippen molar-refractivity contribution in [3.63, 3.8) is 0 Å². The van der Waals surface area contributed by atoms with Gasteiger partial charge in [-0.1, -0.05) is 6.92 Å². The molecular formula is C13H19NO3S. The van der Waals surface area contributed by atoms with E-state index in [1.54, 1.807) is 6.07 Å². The molecular weight excluding hydrogens is 250 g/mol. The first kappa shape index (κ1) is 13.4. The third-order valence-electron chi connectivity index (χ3n) is 3.02.